The molecule has 0 saturated heterocycles. The largest absolute Gasteiger partial charge is 0.357 e. The number of amides is 1. The van der Waals surface area contributed by atoms with Gasteiger partial charge in [0.05, 0.1) is 17.8 Å². The molecule has 2 aliphatic rings. The van der Waals surface area contributed by atoms with E-state index in [1.807, 2.05) is 38.4 Å². The van der Waals surface area contributed by atoms with E-state index in [9.17, 15) is 4.79 Å². The molecule has 34 heavy (non-hydrogen) atoms. The normalized spacial score (nSPS) is 16.3. The van der Waals surface area contributed by atoms with Crippen molar-refractivity contribution in [3.8, 4) is 11.5 Å². The Morgan fingerprint density at radius 1 is 1.21 bits per heavy atom. The zero-order valence-electron chi connectivity index (χ0n) is 20.8. The van der Waals surface area contributed by atoms with E-state index in [-0.39, 0.29) is 17.4 Å². The zero-order chi connectivity index (χ0) is 24.2. The van der Waals surface area contributed by atoms with Gasteiger partial charge in [-0.15, -0.1) is 10.2 Å². The Bertz CT molecular complexity index is 1260. The zero-order valence-corrected chi connectivity index (χ0v) is 20.8. The van der Waals surface area contributed by atoms with E-state index >= 15 is 0 Å². The molecule has 0 spiro atoms. The lowest BCUT2D eigenvalue weighted by molar-refractivity contribution is 0.0996. The maximum Gasteiger partial charge on any atom is 0.260 e. The summed E-state index contributed by atoms with van der Waals surface area (Å²) in [5.41, 5.74) is 3.43. The van der Waals surface area contributed by atoms with Gasteiger partial charge in [-0.2, -0.15) is 0 Å². The predicted molar refractivity (Wildman–Crippen MR) is 132 cm³/mol. The average Bonchev–Trinajstić information content (AvgIpc) is 3.43. The van der Waals surface area contributed by atoms with Crippen LogP contribution in [0.2, 0.25) is 0 Å². The van der Waals surface area contributed by atoms with Gasteiger partial charge in [0.15, 0.2) is 5.82 Å². The molecule has 0 aromatic carbocycles. The van der Waals surface area contributed by atoms with Crippen molar-refractivity contribution in [1.82, 2.24) is 30.0 Å². The number of hydrogen-bond donors (Lipinski definition) is 1. The lowest BCUT2D eigenvalue weighted by Crippen LogP contribution is -2.27. The number of fused-ring (bicyclic) bond motifs is 2. The number of carbonyl (C=O) groups excluding carboxylic acids is 1. The summed E-state index contributed by atoms with van der Waals surface area (Å²) < 4.78 is 2.15. The van der Waals surface area contributed by atoms with Crippen LogP contribution in [0.3, 0.4) is 0 Å². The average molecular weight is 461 g/mol. The Kier molecular flexibility index (Phi) is 5.39. The van der Waals surface area contributed by atoms with Gasteiger partial charge in [0.2, 0.25) is 0 Å². The summed E-state index contributed by atoms with van der Waals surface area (Å²) in [7, 11) is 3.90. The van der Waals surface area contributed by atoms with Crippen molar-refractivity contribution >= 4 is 17.5 Å². The van der Waals surface area contributed by atoms with Gasteiger partial charge in [0.25, 0.3) is 5.91 Å². The van der Waals surface area contributed by atoms with Crippen LogP contribution in [-0.4, -0.2) is 50.8 Å². The monoisotopic (exact) mass is 460 g/mol. The van der Waals surface area contributed by atoms with Gasteiger partial charge in [0, 0.05) is 38.2 Å². The van der Waals surface area contributed by atoms with E-state index in [4.69, 9.17) is 9.97 Å². The maximum absolute atomic E-state index is 13.6. The molecule has 1 N–H and O–H groups in total. The topological polar surface area (TPSA) is 92.1 Å². The number of rotatable bonds is 6. The fourth-order valence-electron chi connectivity index (χ4n) is 4.73. The first-order valence-corrected chi connectivity index (χ1v) is 11.8. The molecule has 3 aromatic heterocycles. The number of aromatic nitrogens is 5. The van der Waals surface area contributed by atoms with Gasteiger partial charge in [-0.25, -0.2) is 9.97 Å². The molecule has 5 heterocycles. The molecule has 0 bridgehead atoms. The second-order valence-electron chi connectivity index (χ2n) is 10.3. The summed E-state index contributed by atoms with van der Waals surface area (Å²) in [4.78, 5) is 27.1. The second-order valence-corrected chi connectivity index (χ2v) is 10.3. The van der Waals surface area contributed by atoms with Crippen LogP contribution in [0.1, 0.15) is 55.1 Å². The Morgan fingerprint density at radius 2 is 2.00 bits per heavy atom. The fourth-order valence-corrected chi connectivity index (χ4v) is 4.73. The third kappa shape index (κ3) is 3.73. The molecule has 0 fully saturated rings. The van der Waals surface area contributed by atoms with Crippen LogP contribution in [-0.2, 0) is 26.1 Å². The number of nitrogens with one attached hydrogen (secondary N) is 1. The summed E-state index contributed by atoms with van der Waals surface area (Å²) in [5, 5.41) is 12.0. The van der Waals surface area contributed by atoms with Gasteiger partial charge in [-0.05, 0) is 44.5 Å². The molecular weight excluding hydrogens is 428 g/mol. The van der Waals surface area contributed by atoms with Crippen molar-refractivity contribution in [2.75, 3.05) is 23.9 Å². The molecule has 1 amide bonds. The number of carbonyl (C=O) groups is 1. The van der Waals surface area contributed by atoms with Crippen molar-refractivity contribution in [2.45, 2.75) is 59.8 Å². The highest BCUT2D eigenvalue weighted by Crippen LogP contribution is 2.35. The van der Waals surface area contributed by atoms with Crippen LogP contribution in [0.25, 0.3) is 11.5 Å². The van der Waals surface area contributed by atoms with Crippen molar-refractivity contribution < 1.29 is 4.79 Å². The minimum Gasteiger partial charge on any atom is -0.357 e. The summed E-state index contributed by atoms with van der Waals surface area (Å²) >= 11 is 0. The molecule has 0 unspecified atom stereocenters. The van der Waals surface area contributed by atoms with Gasteiger partial charge in [0.1, 0.15) is 23.2 Å². The predicted octanol–water partition coefficient (Wildman–Crippen LogP) is 3.04. The molecular formula is C25H32N8O. The smallest absolute Gasteiger partial charge is 0.260 e. The highest BCUT2D eigenvalue weighted by atomic mass is 16.2. The highest BCUT2D eigenvalue weighted by Gasteiger charge is 2.35. The third-order valence-corrected chi connectivity index (χ3v) is 6.76. The standard InChI is InChI=1S/C25H32N8O/c1-15(2)31(6)21-10-16-17(19(28-21)12-26-5)13-32(24(16)34)20-9-7-8-18(27-20)23-30-29-22-11-25(3,4)14-33(22)23/h7-10,15,26H,11-14H2,1-6H3. The maximum atomic E-state index is 13.6. The fraction of sp³-hybridized carbons (Fsp3) is 0.480. The quantitative estimate of drug-likeness (QED) is 0.604. The molecule has 0 saturated carbocycles. The van der Waals surface area contributed by atoms with Gasteiger partial charge >= 0.3 is 0 Å². The molecule has 0 radical (unpaired) electrons. The Hall–Kier alpha value is -3.33. The van der Waals surface area contributed by atoms with Crippen LogP contribution in [0.5, 0.6) is 0 Å². The van der Waals surface area contributed by atoms with Crippen molar-refractivity contribution in [3.05, 3.63) is 46.9 Å². The van der Waals surface area contributed by atoms with Crippen LogP contribution in [0.4, 0.5) is 11.6 Å². The lowest BCUT2D eigenvalue weighted by atomic mass is 9.92. The summed E-state index contributed by atoms with van der Waals surface area (Å²) in [6.07, 6.45) is 0.897. The van der Waals surface area contributed by atoms with Gasteiger partial charge in [-0.3, -0.25) is 9.69 Å². The molecule has 5 rings (SSSR count). The van der Waals surface area contributed by atoms with E-state index in [2.05, 4.69) is 52.7 Å². The highest BCUT2D eigenvalue weighted by molar-refractivity contribution is 6.10. The molecule has 3 aromatic rings. The molecule has 2 aliphatic heterocycles. The van der Waals surface area contributed by atoms with Crippen molar-refractivity contribution in [3.63, 3.8) is 0 Å². The molecule has 178 valence electrons. The van der Waals surface area contributed by atoms with E-state index in [0.717, 1.165) is 47.4 Å². The third-order valence-electron chi connectivity index (χ3n) is 6.76. The first-order valence-electron chi connectivity index (χ1n) is 11.8. The minimum absolute atomic E-state index is 0.0505. The number of anilines is 2. The number of nitrogens with zero attached hydrogens (tertiary/aromatic N) is 7. The molecule has 0 aliphatic carbocycles. The molecule has 0 atom stereocenters. The Labute approximate surface area is 200 Å². The van der Waals surface area contributed by atoms with Crippen molar-refractivity contribution in [1.29, 1.82) is 0 Å². The second kappa shape index (κ2) is 8.16. The van der Waals surface area contributed by atoms with Crippen LogP contribution in [0.15, 0.2) is 24.3 Å². The first kappa shape index (κ1) is 22.5. The van der Waals surface area contributed by atoms with E-state index < -0.39 is 0 Å². The van der Waals surface area contributed by atoms with Crippen molar-refractivity contribution in [2.24, 2.45) is 5.41 Å². The molecule has 9 heteroatoms. The van der Waals surface area contributed by atoms with Crippen LogP contribution >= 0.6 is 0 Å². The Balaban J connectivity index is 1.50. The summed E-state index contributed by atoms with van der Waals surface area (Å²) in [6, 6.07) is 7.93. The van der Waals surface area contributed by atoms with Crippen LogP contribution in [0, 0.1) is 5.41 Å². The van der Waals surface area contributed by atoms with Gasteiger partial charge in [-0.1, -0.05) is 19.9 Å². The summed E-state index contributed by atoms with van der Waals surface area (Å²) in [5.74, 6) is 3.11. The van der Waals surface area contributed by atoms with Gasteiger partial charge < -0.3 is 14.8 Å². The van der Waals surface area contributed by atoms with E-state index in [1.54, 1.807) is 4.90 Å². The summed E-state index contributed by atoms with van der Waals surface area (Å²) in [6.45, 7) is 10.6. The minimum atomic E-state index is -0.0505. The van der Waals surface area contributed by atoms with Crippen LogP contribution < -0.4 is 15.1 Å². The lowest BCUT2D eigenvalue weighted by Gasteiger charge is -2.24. The Morgan fingerprint density at radius 3 is 2.74 bits per heavy atom. The molecule has 9 nitrogen and oxygen atoms in total. The van der Waals surface area contributed by atoms with E-state index in [0.29, 0.717) is 24.5 Å². The number of hydrogen-bond acceptors (Lipinski definition) is 7. The number of pyridine rings is 2. The first-order chi connectivity index (χ1) is 16.2. The SMILES string of the molecule is CNCc1nc(N(C)C(C)C)cc2c1CN(c1cccc(-c3nnc4n3CC(C)(C)C4)n1)C2=O. The van der Waals surface area contributed by atoms with E-state index in [1.165, 1.54) is 0 Å².